The Hall–Kier alpha value is -3.62. The van der Waals surface area contributed by atoms with E-state index in [0.29, 0.717) is 48.8 Å². The minimum Gasteiger partial charge on any atom is -0.378 e. The van der Waals surface area contributed by atoms with E-state index in [0.717, 1.165) is 35.6 Å². The monoisotopic (exact) mass is 542 g/mol. The third-order valence-electron chi connectivity index (χ3n) is 7.00. The summed E-state index contributed by atoms with van der Waals surface area (Å²) in [5.41, 5.74) is 4.71. The number of morpholine rings is 1. The second kappa shape index (κ2) is 12.5. The summed E-state index contributed by atoms with van der Waals surface area (Å²) in [7, 11) is 0. The summed E-state index contributed by atoms with van der Waals surface area (Å²) >= 11 is 1.33. The molecule has 0 radical (unpaired) electrons. The van der Waals surface area contributed by atoms with E-state index < -0.39 is 0 Å². The second-order valence-electron chi connectivity index (χ2n) is 9.65. The quantitative estimate of drug-likeness (QED) is 0.221. The van der Waals surface area contributed by atoms with E-state index >= 15 is 0 Å². The van der Waals surface area contributed by atoms with Gasteiger partial charge in [-0.15, -0.1) is 0 Å². The van der Waals surface area contributed by atoms with Crippen molar-refractivity contribution in [1.82, 2.24) is 9.55 Å². The molecule has 202 valence electrons. The molecule has 0 aliphatic carbocycles. The molecule has 1 aromatic heterocycles. The first-order chi connectivity index (χ1) is 19.0. The zero-order valence-corrected chi connectivity index (χ0v) is 23.3. The average molecular weight is 543 g/mol. The Morgan fingerprint density at radius 1 is 1.03 bits per heavy atom. The minimum atomic E-state index is -0.0768. The molecular weight excluding hydrogens is 508 g/mol. The van der Waals surface area contributed by atoms with Gasteiger partial charge in [0.1, 0.15) is 0 Å². The Bertz CT molecular complexity index is 1500. The first-order valence-corrected chi connectivity index (χ1v) is 14.4. The number of hydrogen-bond donors (Lipinski definition) is 0. The second-order valence-corrected chi connectivity index (χ2v) is 10.6. The maximum Gasteiger partial charge on any atom is 0.262 e. The van der Waals surface area contributed by atoms with Crippen molar-refractivity contribution in [3.8, 4) is 0 Å². The third kappa shape index (κ3) is 6.34. The molecule has 0 N–H and O–H groups in total. The maximum absolute atomic E-state index is 13.9. The van der Waals surface area contributed by atoms with Crippen LogP contribution in [0, 0.1) is 6.92 Å². The van der Waals surface area contributed by atoms with Gasteiger partial charge in [0.15, 0.2) is 5.16 Å². The Kier molecular flexibility index (Phi) is 8.64. The Morgan fingerprint density at radius 2 is 1.82 bits per heavy atom. The van der Waals surface area contributed by atoms with Crippen molar-refractivity contribution in [3.63, 3.8) is 0 Å². The highest BCUT2D eigenvalue weighted by Gasteiger charge is 2.19. The van der Waals surface area contributed by atoms with Crippen LogP contribution in [0.25, 0.3) is 10.9 Å². The molecule has 5 rings (SSSR count). The number of rotatable bonds is 9. The lowest BCUT2D eigenvalue weighted by molar-refractivity contribution is -0.116. The summed E-state index contributed by atoms with van der Waals surface area (Å²) < 4.78 is 7.23. The Balaban J connectivity index is 1.45. The molecule has 8 heteroatoms. The Morgan fingerprint density at radius 3 is 2.56 bits per heavy atom. The number of anilines is 2. The number of carbonyl (C=O) groups is 1. The lowest BCUT2D eigenvalue weighted by Gasteiger charge is -2.29. The molecule has 0 spiro atoms. The molecule has 0 atom stereocenters. The SMILES string of the molecule is CCN(C(=O)CSc1nc2ccc(N3CCOCC3)cc2c(=O)n1CCc1ccccc1)c1cccc(C)c1. The lowest BCUT2D eigenvalue weighted by atomic mass is 10.1. The van der Waals surface area contributed by atoms with Gasteiger partial charge in [-0.3, -0.25) is 14.2 Å². The molecular formula is C31H34N4O3S. The summed E-state index contributed by atoms with van der Waals surface area (Å²) in [5.74, 6) is 0.177. The molecule has 3 aromatic carbocycles. The van der Waals surface area contributed by atoms with E-state index in [1.54, 1.807) is 9.47 Å². The molecule has 7 nitrogen and oxygen atoms in total. The fraction of sp³-hybridized carbons (Fsp3) is 0.323. The van der Waals surface area contributed by atoms with Crippen molar-refractivity contribution in [2.24, 2.45) is 0 Å². The number of benzene rings is 3. The van der Waals surface area contributed by atoms with Gasteiger partial charge < -0.3 is 14.5 Å². The molecule has 1 saturated heterocycles. The maximum atomic E-state index is 13.9. The highest BCUT2D eigenvalue weighted by atomic mass is 32.2. The normalized spacial score (nSPS) is 13.5. The van der Waals surface area contributed by atoms with Crippen LogP contribution in [0.2, 0.25) is 0 Å². The van der Waals surface area contributed by atoms with E-state index in [9.17, 15) is 9.59 Å². The number of nitrogens with zero attached hydrogens (tertiary/aromatic N) is 4. The number of ether oxygens (including phenoxy) is 1. The predicted octanol–water partition coefficient (Wildman–Crippen LogP) is 4.93. The first kappa shape index (κ1) is 27.0. The number of fused-ring (bicyclic) bond motifs is 1. The topological polar surface area (TPSA) is 67.7 Å². The van der Waals surface area contributed by atoms with Gasteiger partial charge in [0, 0.05) is 37.6 Å². The highest BCUT2D eigenvalue weighted by Crippen LogP contribution is 2.25. The molecule has 1 fully saturated rings. The van der Waals surface area contributed by atoms with Gasteiger partial charge in [-0.1, -0.05) is 54.2 Å². The van der Waals surface area contributed by atoms with Gasteiger partial charge >= 0.3 is 0 Å². The molecule has 0 bridgehead atoms. The summed E-state index contributed by atoms with van der Waals surface area (Å²) in [6, 6.07) is 24.0. The number of hydrogen-bond acceptors (Lipinski definition) is 6. The van der Waals surface area contributed by atoms with Crippen LogP contribution < -0.4 is 15.4 Å². The molecule has 1 aliphatic rings. The fourth-order valence-electron chi connectivity index (χ4n) is 4.90. The smallest absolute Gasteiger partial charge is 0.262 e. The van der Waals surface area contributed by atoms with Gasteiger partial charge in [-0.25, -0.2) is 4.98 Å². The minimum absolute atomic E-state index is 0.0141. The average Bonchev–Trinajstić information content (AvgIpc) is 2.97. The molecule has 0 unspecified atom stereocenters. The number of aryl methyl sites for hydroxylation is 2. The van der Waals surface area contributed by atoms with Gasteiger partial charge in [-0.2, -0.15) is 0 Å². The van der Waals surface area contributed by atoms with Crippen LogP contribution in [-0.4, -0.2) is 54.1 Å². The van der Waals surface area contributed by atoms with Crippen molar-refractivity contribution >= 4 is 39.9 Å². The van der Waals surface area contributed by atoms with Crippen molar-refractivity contribution in [1.29, 1.82) is 0 Å². The van der Waals surface area contributed by atoms with Crippen LogP contribution in [0.4, 0.5) is 11.4 Å². The van der Waals surface area contributed by atoms with E-state index in [4.69, 9.17) is 9.72 Å². The van der Waals surface area contributed by atoms with Crippen molar-refractivity contribution in [2.75, 3.05) is 48.4 Å². The van der Waals surface area contributed by atoms with E-state index in [1.165, 1.54) is 11.8 Å². The van der Waals surface area contributed by atoms with E-state index in [-0.39, 0.29) is 17.2 Å². The summed E-state index contributed by atoms with van der Waals surface area (Å²) in [6.07, 6.45) is 0.697. The molecule has 0 saturated carbocycles. The first-order valence-electron chi connectivity index (χ1n) is 13.4. The largest absolute Gasteiger partial charge is 0.378 e. The predicted molar refractivity (Wildman–Crippen MR) is 159 cm³/mol. The summed E-state index contributed by atoms with van der Waals surface area (Å²) in [5, 5.41) is 1.16. The van der Waals surface area contributed by atoms with Crippen molar-refractivity contribution in [2.45, 2.75) is 32.0 Å². The summed E-state index contributed by atoms with van der Waals surface area (Å²) in [4.78, 5) is 36.1. The fourth-order valence-corrected chi connectivity index (χ4v) is 5.80. The van der Waals surface area contributed by atoms with Crippen LogP contribution in [-0.2, 0) is 22.5 Å². The van der Waals surface area contributed by atoms with Gasteiger partial charge in [0.05, 0.1) is 29.9 Å². The molecule has 2 heterocycles. The van der Waals surface area contributed by atoms with Crippen LogP contribution in [0.5, 0.6) is 0 Å². The zero-order valence-electron chi connectivity index (χ0n) is 22.5. The van der Waals surface area contributed by atoms with Crippen LogP contribution >= 0.6 is 11.8 Å². The van der Waals surface area contributed by atoms with Gasteiger partial charge in [0.2, 0.25) is 5.91 Å². The van der Waals surface area contributed by atoms with E-state index in [1.807, 2.05) is 74.5 Å². The molecule has 1 amide bonds. The lowest BCUT2D eigenvalue weighted by Crippen LogP contribution is -2.36. The van der Waals surface area contributed by atoms with Gasteiger partial charge in [-0.05, 0) is 61.7 Å². The van der Waals surface area contributed by atoms with E-state index in [2.05, 4.69) is 17.0 Å². The molecule has 4 aromatic rings. The molecule has 39 heavy (non-hydrogen) atoms. The van der Waals surface area contributed by atoms with Crippen molar-refractivity contribution in [3.05, 3.63) is 94.3 Å². The number of thioether (sulfide) groups is 1. The van der Waals surface area contributed by atoms with Gasteiger partial charge in [0.25, 0.3) is 5.56 Å². The Labute approximate surface area is 233 Å². The molecule has 1 aliphatic heterocycles. The van der Waals surface area contributed by atoms with Crippen LogP contribution in [0.15, 0.2) is 82.7 Å². The summed E-state index contributed by atoms with van der Waals surface area (Å²) in [6.45, 7) is 8.00. The highest BCUT2D eigenvalue weighted by molar-refractivity contribution is 7.99. The third-order valence-corrected chi connectivity index (χ3v) is 7.96. The standard InChI is InChI=1S/C31H34N4O3S/c1-3-34(26-11-7-8-23(2)20-26)29(36)22-39-31-32-28-13-12-25(33-16-18-38-19-17-33)21-27(28)30(37)35(31)15-14-24-9-5-4-6-10-24/h4-13,20-21H,3,14-19,22H2,1-2H3. The van der Waals surface area contributed by atoms with Crippen LogP contribution in [0.3, 0.4) is 0 Å². The van der Waals surface area contributed by atoms with Crippen molar-refractivity contribution < 1.29 is 9.53 Å². The number of aromatic nitrogens is 2. The zero-order chi connectivity index (χ0) is 27.2. The number of carbonyl (C=O) groups excluding carboxylic acids is 1. The number of amides is 1. The van der Waals surface area contributed by atoms with Crippen LogP contribution in [0.1, 0.15) is 18.1 Å².